The van der Waals surface area contributed by atoms with Crippen molar-refractivity contribution < 1.29 is 22.9 Å². The van der Waals surface area contributed by atoms with Gasteiger partial charge in [0.2, 0.25) is 11.8 Å². The monoisotopic (exact) mass is 586 g/mol. The molecule has 0 aromatic heterocycles. The molecule has 0 radical (unpaired) electrons. The lowest BCUT2D eigenvalue weighted by Crippen LogP contribution is -2.52. The van der Waals surface area contributed by atoms with Gasteiger partial charge >= 0.3 is 0 Å². The number of nitrogens with one attached hydrogen (secondary N) is 1. The molecule has 12 heteroatoms. The Balaban J connectivity index is 2.06. The van der Waals surface area contributed by atoms with Crippen molar-refractivity contribution in [2.75, 3.05) is 10.8 Å². The van der Waals surface area contributed by atoms with E-state index < -0.39 is 39.3 Å². The molecule has 0 aliphatic carbocycles. The molecule has 0 saturated carbocycles. The molecule has 40 heavy (non-hydrogen) atoms. The highest BCUT2D eigenvalue weighted by molar-refractivity contribution is 7.92. The molecule has 0 spiro atoms. The van der Waals surface area contributed by atoms with Crippen LogP contribution in [0.4, 0.5) is 11.4 Å². The van der Waals surface area contributed by atoms with Crippen molar-refractivity contribution in [1.29, 1.82) is 0 Å². The average molecular weight is 587 g/mol. The Kier molecular flexibility index (Phi) is 10.2. The first-order valence-electron chi connectivity index (χ1n) is 12.6. The van der Waals surface area contributed by atoms with Crippen LogP contribution in [-0.4, -0.2) is 48.7 Å². The van der Waals surface area contributed by atoms with Crippen molar-refractivity contribution in [2.24, 2.45) is 0 Å². The number of carbonyl (C=O) groups excluding carboxylic acids is 2. The van der Waals surface area contributed by atoms with Gasteiger partial charge in [-0.05, 0) is 56.2 Å². The first kappa shape index (κ1) is 30.6. The summed E-state index contributed by atoms with van der Waals surface area (Å²) in [5.41, 5.74) is 0.234. The van der Waals surface area contributed by atoms with Crippen LogP contribution in [0.2, 0.25) is 5.02 Å². The van der Waals surface area contributed by atoms with Gasteiger partial charge in [-0.3, -0.25) is 24.0 Å². The Labute approximate surface area is 238 Å². The van der Waals surface area contributed by atoms with Crippen LogP contribution >= 0.6 is 11.6 Å². The van der Waals surface area contributed by atoms with E-state index in [4.69, 9.17) is 11.6 Å². The Morgan fingerprint density at radius 2 is 1.68 bits per heavy atom. The standard InChI is InChI=1S/C28H31ClN4O6S/c1-4-20(2)30-28(35)21(3)31(18-22-10-8-11-23(29)16-22)27(34)19-32(24-12-9-13-25(17-24)33(36)37)40(38,39)26-14-6-5-7-15-26/h5-17,20-21H,4,18-19H2,1-3H3,(H,30,35)/t20-,21-/m0/s1. The zero-order chi connectivity index (χ0) is 29.4. The Bertz CT molecular complexity index is 1470. The van der Waals surface area contributed by atoms with E-state index in [-0.39, 0.29) is 28.9 Å². The number of non-ortho nitro benzene ring substituents is 1. The number of nitro benzene ring substituents is 1. The van der Waals surface area contributed by atoms with Gasteiger partial charge in [-0.15, -0.1) is 0 Å². The van der Waals surface area contributed by atoms with Gasteiger partial charge in [0.15, 0.2) is 0 Å². The summed E-state index contributed by atoms with van der Waals surface area (Å²) in [5, 5.41) is 14.7. The van der Waals surface area contributed by atoms with Gasteiger partial charge in [-0.25, -0.2) is 8.42 Å². The molecule has 0 saturated heterocycles. The van der Waals surface area contributed by atoms with E-state index in [1.165, 1.54) is 47.4 Å². The number of sulfonamides is 1. The summed E-state index contributed by atoms with van der Waals surface area (Å²) in [6, 6.07) is 18.2. The number of hydrogen-bond acceptors (Lipinski definition) is 6. The van der Waals surface area contributed by atoms with Crippen LogP contribution in [0.25, 0.3) is 0 Å². The molecular formula is C28H31ClN4O6S. The van der Waals surface area contributed by atoms with Crippen LogP contribution in [0.3, 0.4) is 0 Å². The second kappa shape index (κ2) is 13.4. The molecule has 1 N–H and O–H groups in total. The Morgan fingerprint density at radius 1 is 1.00 bits per heavy atom. The van der Waals surface area contributed by atoms with Crippen molar-refractivity contribution in [2.45, 2.75) is 50.7 Å². The van der Waals surface area contributed by atoms with Crippen LogP contribution in [0.15, 0.2) is 83.8 Å². The second-order valence-corrected chi connectivity index (χ2v) is 11.5. The molecule has 0 bridgehead atoms. The van der Waals surface area contributed by atoms with Crippen LogP contribution in [-0.2, 0) is 26.2 Å². The van der Waals surface area contributed by atoms with Gasteiger partial charge < -0.3 is 10.2 Å². The molecule has 0 unspecified atom stereocenters. The smallest absolute Gasteiger partial charge is 0.271 e. The topological polar surface area (TPSA) is 130 Å². The minimum atomic E-state index is -4.33. The summed E-state index contributed by atoms with van der Waals surface area (Å²) in [6.07, 6.45) is 0.677. The second-order valence-electron chi connectivity index (χ2n) is 9.25. The van der Waals surface area contributed by atoms with Crippen LogP contribution in [0, 0.1) is 10.1 Å². The highest BCUT2D eigenvalue weighted by atomic mass is 35.5. The number of carbonyl (C=O) groups is 2. The lowest BCUT2D eigenvalue weighted by molar-refractivity contribution is -0.384. The minimum Gasteiger partial charge on any atom is -0.352 e. The lowest BCUT2D eigenvalue weighted by Gasteiger charge is -2.32. The first-order valence-corrected chi connectivity index (χ1v) is 14.4. The Hall–Kier alpha value is -3.96. The number of hydrogen-bond donors (Lipinski definition) is 1. The maximum absolute atomic E-state index is 13.9. The lowest BCUT2D eigenvalue weighted by atomic mass is 10.1. The number of halogens is 1. The van der Waals surface area contributed by atoms with Crippen molar-refractivity contribution >= 4 is 44.8 Å². The van der Waals surface area contributed by atoms with Gasteiger partial charge in [-0.1, -0.05) is 54.9 Å². The van der Waals surface area contributed by atoms with E-state index in [0.717, 1.165) is 10.4 Å². The van der Waals surface area contributed by atoms with Crippen molar-refractivity contribution in [3.63, 3.8) is 0 Å². The maximum Gasteiger partial charge on any atom is 0.271 e. The number of benzene rings is 3. The molecule has 3 rings (SSSR count). The molecule has 3 aromatic rings. The van der Waals surface area contributed by atoms with Crippen molar-refractivity contribution in [3.05, 3.63) is 99.6 Å². The van der Waals surface area contributed by atoms with E-state index in [1.807, 2.05) is 13.8 Å². The fourth-order valence-electron chi connectivity index (χ4n) is 3.89. The van der Waals surface area contributed by atoms with E-state index in [1.54, 1.807) is 37.3 Å². The van der Waals surface area contributed by atoms with E-state index in [2.05, 4.69) is 5.32 Å². The number of nitro groups is 1. The van der Waals surface area contributed by atoms with Gasteiger partial charge in [0.1, 0.15) is 12.6 Å². The van der Waals surface area contributed by atoms with Crippen LogP contribution < -0.4 is 9.62 Å². The molecule has 3 aromatic carbocycles. The number of rotatable bonds is 12. The third-order valence-corrected chi connectivity index (χ3v) is 8.37. The number of anilines is 1. The molecule has 0 heterocycles. The highest BCUT2D eigenvalue weighted by Gasteiger charge is 2.33. The predicted octanol–water partition coefficient (Wildman–Crippen LogP) is 4.78. The van der Waals surface area contributed by atoms with Crippen LogP contribution in [0.1, 0.15) is 32.8 Å². The summed E-state index contributed by atoms with van der Waals surface area (Å²) in [4.78, 5) is 38.9. The Morgan fingerprint density at radius 3 is 2.30 bits per heavy atom. The molecule has 212 valence electrons. The third-order valence-electron chi connectivity index (χ3n) is 6.35. The SMILES string of the molecule is CC[C@H](C)NC(=O)[C@H](C)N(Cc1cccc(Cl)c1)C(=O)CN(c1cccc([N+](=O)[O-])c1)S(=O)(=O)c1ccccc1. The fourth-order valence-corrected chi connectivity index (χ4v) is 5.53. The van der Waals surface area contributed by atoms with E-state index >= 15 is 0 Å². The molecule has 0 aliphatic rings. The normalized spacial score (nSPS) is 12.7. The quantitative estimate of drug-likeness (QED) is 0.240. The third kappa shape index (κ3) is 7.57. The van der Waals surface area contributed by atoms with Gasteiger partial charge in [0.25, 0.3) is 15.7 Å². The van der Waals surface area contributed by atoms with Gasteiger partial charge in [0.05, 0.1) is 15.5 Å². The molecule has 0 fully saturated rings. The van der Waals surface area contributed by atoms with Gasteiger partial charge in [0, 0.05) is 29.7 Å². The average Bonchev–Trinajstić information content (AvgIpc) is 2.94. The summed E-state index contributed by atoms with van der Waals surface area (Å²) >= 11 is 6.14. The van der Waals surface area contributed by atoms with E-state index in [9.17, 15) is 28.1 Å². The summed E-state index contributed by atoms with van der Waals surface area (Å²) in [6.45, 7) is 4.58. The maximum atomic E-state index is 13.9. The summed E-state index contributed by atoms with van der Waals surface area (Å²) in [7, 11) is -4.33. The van der Waals surface area contributed by atoms with Crippen LogP contribution in [0.5, 0.6) is 0 Å². The van der Waals surface area contributed by atoms with Crippen molar-refractivity contribution in [1.82, 2.24) is 10.2 Å². The summed E-state index contributed by atoms with van der Waals surface area (Å²) in [5.74, 6) is -1.09. The molecule has 10 nitrogen and oxygen atoms in total. The molecule has 2 atom stereocenters. The largest absolute Gasteiger partial charge is 0.352 e. The first-order chi connectivity index (χ1) is 18.9. The zero-order valence-corrected chi connectivity index (χ0v) is 23.9. The predicted molar refractivity (Wildman–Crippen MR) is 153 cm³/mol. The van der Waals surface area contributed by atoms with Crippen molar-refractivity contribution in [3.8, 4) is 0 Å². The molecule has 0 aliphatic heterocycles. The minimum absolute atomic E-state index is 0.0252. The summed E-state index contributed by atoms with van der Waals surface area (Å²) < 4.78 is 28.3. The van der Waals surface area contributed by atoms with Gasteiger partial charge in [-0.2, -0.15) is 0 Å². The number of nitrogens with zero attached hydrogens (tertiary/aromatic N) is 3. The molecular weight excluding hydrogens is 556 g/mol. The highest BCUT2D eigenvalue weighted by Crippen LogP contribution is 2.27. The number of amides is 2. The molecule has 2 amide bonds. The fraction of sp³-hybridized carbons (Fsp3) is 0.286. The van der Waals surface area contributed by atoms with E-state index in [0.29, 0.717) is 17.0 Å². The zero-order valence-electron chi connectivity index (χ0n) is 22.4.